The van der Waals surface area contributed by atoms with Gasteiger partial charge in [-0.05, 0) is 18.6 Å². The molecular formula is C10H12Cl2FNO2. The van der Waals surface area contributed by atoms with Crippen molar-refractivity contribution in [3.05, 3.63) is 28.5 Å². The van der Waals surface area contributed by atoms with Crippen LogP contribution in [0.15, 0.2) is 12.1 Å². The van der Waals surface area contributed by atoms with Crippen LogP contribution in [0, 0.1) is 5.82 Å². The van der Waals surface area contributed by atoms with Crippen molar-refractivity contribution >= 4 is 28.9 Å². The fourth-order valence-electron chi connectivity index (χ4n) is 1.33. The zero-order valence-electron chi connectivity index (χ0n) is 8.33. The number of nitrogens with two attached hydrogens (primary N) is 1. The number of hydrogen-bond donors (Lipinski definition) is 3. The van der Waals surface area contributed by atoms with E-state index in [1.807, 2.05) is 0 Å². The number of hydrogen-bond acceptors (Lipinski definition) is 3. The third kappa shape index (κ3) is 2.98. The highest BCUT2D eigenvalue weighted by Gasteiger charge is 2.22. The molecule has 0 bridgehead atoms. The Balaban J connectivity index is 3.03. The van der Waals surface area contributed by atoms with Crippen LogP contribution in [0.4, 0.5) is 10.1 Å². The summed E-state index contributed by atoms with van der Waals surface area (Å²) in [5.41, 5.74) is 5.71. The first-order chi connectivity index (χ1) is 7.47. The molecule has 4 N–H and O–H groups in total. The van der Waals surface area contributed by atoms with Gasteiger partial charge in [0.25, 0.3) is 0 Å². The predicted molar refractivity (Wildman–Crippen MR) is 62.1 cm³/mol. The first-order valence-electron chi connectivity index (χ1n) is 4.64. The van der Waals surface area contributed by atoms with Crippen LogP contribution in [-0.2, 0) is 0 Å². The molecule has 0 heterocycles. The summed E-state index contributed by atoms with van der Waals surface area (Å²) in [5, 5.41) is 19.3. The minimum absolute atomic E-state index is 0.00660. The van der Waals surface area contributed by atoms with E-state index in [1.165, 1.54) is 0 Å². The second-order valence-electron chi connectivity index (χ2n) is 3.38. The number of aliphatic hydroxyl groups is 2. The molecule has 0 aliphatic carbocycles. The average Bonchev–Trinajstić information content (AvgIpc) is 2.22. The molecule has 1 rings (SSSR count). The Bertz CT molecular complexity index is 376. The minimum Gasteiger partial charge on any atom is -0.397 e. The number of aliphatic hydroxyl groups excluding tert-OH is 2. The van der Waals surface area contributed by atoms with Crippen molar-refractivity contribution in [1.29, 1.82) is 0 Å². The van der Waals surface area contributed by atoms with E-state index in [-0.39, 0.29) is 28.6 Å². The highest BCUT2D eigenvalue weighted by Crippen LogP contribution is 2.31. The number of rotatable bonds is 4. The highest BCUT2D eigenvalue weighted by molar-refractivity contribution is 6.33. The van der Waals surface area contributed by atoms with Crippen molar-refractivity contribution < 1.29 is 14.6 Å². The van der Waals surface area contributed by atoms with E-state index in [2.05, 4.69) is 0 Å². The molecule has 1 aromatic rings. The highest BCUT2D eigenvalue weighted by atomic mass is 35.5. The normalized spacial score (nSPS) is 14.8. The van der Waals surface area contributed by atoms with E-state index < -0.39 is 18.0 Å². The number of halogens is 3. The Morgan fingerprint density at radius 2 is 2.00 bits per heavy atom. The summed E-state index contributed by atoms with van der Waals surface area (Å²) in [6, 6.07) is 2.09. The lowest BCUT2D eigenvalue weighted by atomic mass is 10.0. The quantitative estimate of drug-likeness (QED) is 0.578. The maximum absolute atomic E-state index is 13.1. The van der Waals surface area contributed by atoms with Gasteiger partial charge >= 0.3 is 0 Å². The first kappa shape index (κ1) is 13.5. The number of alkyl halides is 1. The van der Waals surface area contributed by atoms with Gasteiger partial charge in [0, 0.05) is 11.4 Å². The molecule has 0 fully saturated rings. The fourth-order valence-corrected chi connectivity index (χ4v) is 1.76. The molecule has 0 amide bonds. The average molecular weight is 268 g/mol. The molecular weight excluding hydrogens is 256 g/mol. The number of nitrogen functional groups attached to an aromatic ring is 1. The molecule has 0 aliphatic heterocycles. The Labute approximate surface area is 103 Å². The van der Waals surface area contributed by atoms with E-state index in [0.717, 1.165) is 12.1 Å². The number of anilines is 1. The minimum atomic E-state index is -1.30. The maximum atomic E-state index is 13.1. The standard InChI is InChI=1S/C10H12Cl2FNO2/c11-2-1-8(15)10(16)6-3-5(13)4-7(12)9(6)14/h3-4,8,10,15-16H,1-2,14H2. The third-order valence-electron chi connectivity index (χ3n) is 2.21. The van der Waals surface area contributed by atoms with Crippen LogP contribution in [-0.4, -0.2) is 22.2 Å². The van der Waals surface area contributed by atoms with Gasteiger partial charge in [-0.25, -0.2) is 4.39 Å². The summed E-state index contributed by atoms with van der Waals surface area (Å²) in [5.74, 6) is -0.437. The molecule has 0 saturated heterocycles. The van der Waals surface area contributed by atoms with Crippen LogP contribution in [0.2, 0.25) is 5.02 Å². The van der Waals surface area contributed by atoms with E-state index in [9.17, 15) is 14.6 Å². The van der Waals surface area contributed by atoms with Crippen LogP contribution in [0.25, 0.3) is 0 Å². The van der Waals surface area contributed by atoms with Gasteiger partial charge in [0.1, 0.15) is 11.9 Å². The second-order valence-corrected chi connectivity index (χ2v) is 4.17. The van der Waals surface area contributed by atoms with Crippen molar-refractivity contribution in [2.45, 2.75) is 18.6 Å². The zero-order valence-corrected chi connectivity index (χ0v) is 9.84. The summed E-state index contributed by atoms with van der Waals surface area (Å²) in [6.07, 6.45) is -2.22. The summed E-state index contributed by atoms with van der Waals surface area (Å²) in [4.78, 5) is 0. The maximum Gasteiger partial charge on any atom is 0.125 e. The molecule has 0 aliphatic rings. The first-order valence-corrected chi connectivity index (χ1v) is 5.55. The van der Waals surface area contributed by atoms with Gasteiger partial charge in [0.15, 0.2) is 0 Å². The van der Waals surface area contributed by atoms with Crippen LogP contribution in [0.5, 0.6) is 0 Å². The molecule has 6 heteroatoms. The lowest BCUT2D eigenvalue weighted by Crippen LogP contribution is -2.20. The molecule has 3 nitrogen and oxygen atoms in total. The monoisotopic (exact) mass is 267 g/mol. The SMILES string of the molecule is Nc1c(Cl)cc(F)cc1C(O)C(O)CCCl. The van der Waals surface area contributed by atoms with E-state index in [0.29, 0.717) is 0 Å². The van der Waals surface area contributed by atoms with Crippen LogP contribution < -0.4 is 5.73 Å². The van der Waals surface area contributed by atoms with Crippen molar-refractivity contribution in [3.8, 4) is 0 Å². The second kappa shape index (κ2) is 5.68. The Morgan fingerprint density at radius 3 is 2.56 bits per heavy atom. The van der Waals surface area contributed by atoms with Gasteiger partial charge < -0.3 is 15.9 Å². The Morgan fingerprint density at radius 1 is 1.38 bits per heavy atom. The van der Waals surface area contributed by atoms with Crippen molar-refractivity contribution in [1.82, 2.24) is 0 Å². The molecule has 1 aromatic carbocycles. The van der Waals surface area contributed by atoms with Crippen molar-refractivity contribution in [2.75, 3.05) is 11.6 Å². The molecule has 0 aromatic heterocycles. The van der Waals surface area contributed by atoms with Crippen molar-refractivity contribution in [2.24, 2.45) is 0 Å². The van der Waals surface area contributed by atoms with Gasteiger partial charge in [0.2, 0.25) is 0 Å². The number of benzene rings is 1. The molecule has 16 heavy (non-hydrogen) atoms. The lowest BCUT2D eigenvalue weighted by Gasteiger charge is -2.19. The van der Waals surface area contributed by atoms with Crippen molar-refractivity contribution in [3.63, 3.8) is 0 Å². The molecule has 90 valence electrons. The Hall–Kier alpha value is -0.550. The topological polar surface area (TPSA) is 66.5 Å². The lowest BCUT2D eigenvalue weighted by molar-refractivity contribution is 0.0173. The largest absolute Gasteiger partial charge is 0.397 e. The van der Waals surface area contributed by atoms with Crippen LogP contribution in [0.3, 0.4) is 0 Å². The summed E-state index contributed by atoms with van der Waals surface area (Å²) in [7, 11) is 0. The molecule has 2 atom stereocenters. The fraction of sp³-hybridized carbons (Fsp3) is 0.400. The van der Waals surface area contributed by atoms with Crippen LogP contribution >= 0.6 is 23.2 Å². The summed E-state index contributed by atoms with van der Waals surface area (Å²) < 4.78 is 13.1. The third-order valence-corrected chi connectivity index (χ3v) is 2.75. The summed E-state index contributed by atoms with van der Waals surface area (Å²) in [6.45, 7) is 0. The van der Waals surface area contributed by atoms with Gasteiger partial charge in [-0.3, -0.25) is 0 Å². The van der Waals surface area contributed by atoms with Crippen LogP contribution in [0.1, 0.15) is 18.1 Å². The van der Waals surface area contributed by atoms with Gasteiger partial charge in [-0.2, -0.15) is 0 Å². The molecule has 0 saturated carbocycles. The smallest absolute Gasteiger partial charge is 0.125 e. The Kier molecular flexibility index (Phi) is 4.80. The van der Waals surface area contributed by atoms with E-state index >= 15 is 0 Å². The molecule has 2 unspecified atom stereocenters. The van der Waals surface area contributed by atoms with E-state index in [1.54, 1.807) is 0 Å². The predicted octanol–water partition coefficient (Wildman–Crippen LogP) is 2.08. The zero-order chi connectivity index (χ0) is 12.3. The van der Waals surface area contributed by atoms with Gasteiger partial charge in [-0.1, -0.05) is 11.6 Å². The van der Waals surface area contributed by atoms with Gasteiger partial charge in [0.05, 0.1) is 16.8 Å². The van der Waals surface area contributed by atoms with Gasteiger partial charge in [-0.15, -0.1) is 11.6 Å². The summed E-state index contributed by atoms with van der Waals surface area (Å²) >= 11 is 11.1. The molecule has 0 spiro atoms. The van der Waals surface area contributed by atoms with E-state index in [4.69, 9.17) is 28.9 Å². The molecule has 0 radical (unpaired) electrons.